The summed E-state index contributed by atoms with van der Waals surface area (Å²) in [6.07, 6.45) is 4.21. The molecule has 2 aromatic heterocycles. The number of aldehydes is 1. The molecule has 6 nitrogen and oxygen atoms in total. The van der Waals surface area contributed by atoms with E-state index in [2.05, 4.69) is 15.4 Å². The number of anilines is 1. The zero-order valence-corrected chi connectivity index (χ0v) is 15.1. The first-order valence-corrected chi connectivity index (χ1v) is 8.09. The Morgan fingerprint density at radius 1 is 1.31 bits per heavy atom. The van der Waals surface area contributed by atoms with Crippen molar-refractivity contribution in [2.24, 2.45) is 0 Å². The number of hydrogen-bond acceptors (Lipinski definition) is 5. The Morgan fingerprint density at radius 2 is 2.12 bits per heavy atom. The van der Waals surface area contributed by atoms with E-state index in [1.54, 1.807) is 19.2 Å². The summed E-state index contributed by atoms with van der Waals surface area (Å²) >= 11 is 5.68. The van der Waals surface area contributed by atoms with Crippen LogP contribution in [0.1, 0.15) is 11.3 Å². The second-order valence-electron chi connectivity index (χ2n) is 5.25. The Kier molecular flexibility index (Phi) is 7.25. The number of hydrogen-bond donors (Lipinski definition) is 1. The lowest BCUT2D eigenvalue weighted by molar-refractivity contribution is -0.111. The lowest BCUT2D eigenvalue weighted by Crippen LogP contribution is -2.03. The summed E-state index contributed by atoms with van der Waals surface area (Å²) in [6.45, 7) is 3.63. The van der Waals surface area contributed by atoms with E-state index in [9.17, 15) is 9.18 Å². The number of aryl methyl sites for hydroxylation is 2. The van der Waals surface area contributed by atoms with E-state index in [1.807, 2.05) is 35.9 Å². The van der Waals surface area contributed by atoms with E-state index >= 15 is 0 Å². The highest BCUT2D eigenvalue weighted by atomic mass is 35.5. The van der Waals surface area contributed by atoms with Crippen LogP contribution in [-0.4, -0.2) is 27.4 Å². The second kappa shape index (κ2) is 9.65. The molecule has 0 fully saturated rings. The van der Waals surface area contributed by atoms with Gasteiger partial charge < -0.3 is 9.36 Å². The number of rotatable bonds is 5. The van der Waals surface area contributed by atoms with Gasteiger partial charge in [0.05, 0.1) is 5.69 Å². The van der Waals surface area contributed by atoms with Gasteiger partial charge in [0.25, 0.3) is 0 Å². The Labute approximate surface area is 155 Å². The van der Waals surface area contributed by atoms with Gasteiger partial charge in [-0.25, -0.2) is 9.37 Å². The fourth-order valence-corrected chi connectivity index (χ4v) is 2.19. The van der Waals surface area contributed by atoms with Gasteiger partial charge in [0, 0.05) is 18.1 Å². The number of carbonyl (C=O) groups is 1. The highest BCUT2D eigenvalue weighted by Gasteiger charge is 2.00. The van der Waals surface area contributed by atoms with Crippen LogP contribution >= 0.6 is 11.6 Å². The molecule has 3 rings (SSSR count). The van der Waals surface area contributed by atoms with Gasteiger partial charge >= 0.3 is 0 Å². The van der Waals surface area contributed by atoms with Crippen LogP contribution in [0.15, 0.2) is 48.8 Å². The van der Waals surface area contributed by atoms with Crippen LogP contribution < -0.4 is 5.48 Å². The van der Waals surface area contributed by atoms with Gasteiger partial charge in [-0.05, 0) is 67.4 Å². The molecule has 8 heteroatoms. The van der Waals surface area contributed by atoms with E-state index in [0.29, 0.717) is 17.5 Å². The van der Waals surface area contributed by atoms with Crippen molar-refractivity contribution in [3.05, 3.63) is 71.2 Å². The van der Waals surface area contributed by atoms with Gasteiger partial charge in [-0.15, -0.1) is 0 Å². The van der Waals surface area contributed by atoms with E-state index in [0.717, 1.165) is 11.5 Å². The fraction of sp³-hybridized carbons (Fsp3) is 0.167. The topological polar surface area (TPSA) is 69.0 Å². The summed E-state index contributed by atoms with van der Waals surface area (Å²) in [5.74, 6) is 0.531. The van der Waals surface area contributed by atoms with E-state index in [-0.39, 0.29) is 17.7 Å². The van der Waals surface area contributed by atoms with E-state index in [1.165, 1.54) is 12.1 Å². The molecule has 0 saturated heterocycles. The van der Waals surface area contributed by atoms with Gasteiger partial charge in [0.15, 0.2) is 0 Å². The molecule has 136 valence electrons. The Morgan fingerprint density at radius 3 is 2.73 bits per heavy atom. The van der Waals surface area contributed by atoms with Crippen LogP contribution in [0.4, 0.5) is 10.1 Å². The predicted molar refractivity (Wildman–Crippen MR) is 97.9 cm³/mol. The third-order valence-electron chi connectivity index (χ3n) is 3.31. The standard InChI is InChI=1S/C9H8ClN3.C9H10FNO2/c1-7-3-2-6-13(7)8-4-5-11-9(10)12-8;1-7-6-8(2-3-9(7)10)11-13-5-4-12/h2-6H,1H3;2-4,6,11H,5H2,1H3. The maximum absolute atomic E-state index is 12.8. The number of aromatic nitrogens is 3. The number of nitrogens with zero attached hydrogens (tertiary/aromatic N) is 3. The van der Waals surface area contributed by atoms with Crippen molar-refractivity contribution >= 4 is 23.6 Å². The van der Waals surface area contributed by atoms with Crippen LogP contribution in [-0.2, 0) is 9.63 Å². The lowest BCUT2D eigenvalue weighted by atomic mass is 10.2. The first-order valence-electron chi connectivity index (χ1n) is 7.71. The van der Waals surface area contributed by atoms with Crippen molar-refractivity contribution < 1.29 is 14.0 Å². The number of carbonyl (C=O) groups excluding carboxylic acids is 1. The van der Waals surface area contributed by atoms with Crippen molar-refractivity contribution in [2.75, 3.05) is 12.1 Å². The molecule has 1 N–H and O–H groups in total. The molecule has 0 spiro atoms. The maximum Gasteiger partial charge on any atom is 0.224 e. The van der Waals surface area contributed by atoms with Crippen LogP contribution in [0.5, 0.6) is 0 Å². The zero-order chi connectivity index (χ0) is 18.9. The summed E-state index contributed by atoms with van der Waals surface area (Å²) < 4.78 is 14.7. The molecule has 26 heavy (non-hydrogen) atoms. The summed E-state index contributed by atoms with van der Waals surface area (Å²) in [6, 6.07) is 10.3. The second-order valence-corrected chi connectivity index (χ2v) is 5.59. The van der Waals surface area contributed by atoms with Crippen LogP contribution in [0.2, 0.25) is 5.28 Å². The monoisotopic (exact) mass is 376 g/mol. The molecular weight excluding hydrogens is 359 g/mol. The fourth-order valence-electron chi connectivity index (χ4n) is 2.05. The molecule has 0 amide bonds. The van der Waals surface area contributed by atoms with Gasteiger partial charge in [-0.2, -0.15) is 4.98 Å². The van der Waals surface area contributed by atoms with E-state index < -0.39 is 0 Å². The van der Waals surface area contributed by atoms with Gasteiger partial charge in [-0.1, -0.05) is 0 Å². The van der Waals surface area contributed by atoms with Crippen molar-refractivity contribution in [1.29, 1.82) is 0 Å². The molecule has 0 unspecified atom stereocenters. The summed E-state index contributed by atoms with van der Waals surface area (Å²) in [5.41, 5.74) is 4.79. The minimum atomic E-state index is -0.263. The van der Waals surface area contributed by atoms with Crippen molar-refractivity contribution in [3.8, 4) is 5.82 Å². The van der Waals surface area contributed by atoms with E-state index in [4.69, 9.17) is 16.4 Å². The van der Waals surface area contributed by atoms with Gasteiger partial charge in [-0.3, -0.25) is 10.3 Å². The highest BCUT2D eigenvalue weighted by molar-refractivity contribution is 6.28. The minimum Gasteiger partial charge on any atom is -0.306 e. The lowest BCUT2D eigenvalue weighted by Gasteiger charge is -2.05. The van der Waals surface area contributed by atoms with Crippen molar-refractivity contribution in [1.82, 2.24) is 14.5 Å². The van der Waals surface area contributed by atoms with Gasteiger partial charge in [0.2, 0.25) is 5.28 Å². The summed E-state index contributed by atoms with van der Waals surface area (Å²) in [5, 5.41) is 0.269. The Bertz CT molecular complexity index is 870. The van der Waals surface area contributed by atoms with Crippen LogP contribution in [0, 0.1) is 19.7 Å². The molecule has 0 atom stereocenters. The molecule has 0 aliphatic carbocycles. The molecule has 3 aromatic rings. The molecule has 0 aliphatic heterocycles. The quantitative estimate of drug-likeness (QED) is 0.316. The molecule has 0 saturated carbocycles. The first-order chi connectivity index (χ1) is 12.5. The Balaban J connectivity index is 0.000000187. The normalized spacial score (nSPS) is 10.0. The van der Waals surface area contributed by atoms with Gasteiger partial charge in [0.1, 0.15) is 24.5 Å². The third-order valence-corrected chi connectivity index (χ3v) is 3.49. The molecule has 1 aromatic carbocycles. The maximum atomic E-state index is 12.8. The number of benzene rings is 1. The molecule has 0 radical (unpaired) electrons. The molecule has 0 bridgehead atoms. The average Bonchev–Trinajstić information content (AvgIpc) is 3.05. The van der Waals surface area contributed by atoms with Crippen LogP contribution in [0.25, 0.3) is 5.82 Å². The van der Waals surface area contributed by atoms with Crippen molar-refractivity contribution in [3.63, 3.8) is 0 Å². The SMILES string of the molecule is Cc1cc(NOCC=O)ccc1F.Cc1cccn1-c1ccnc(Cl)n1. The molecule has 0 aliphatic rings. The minimum absolute atomic E-state index is 0.0313. The molecular formula is C18H18ClFN4O2. The third kappa shape index (κ3) is 5.65. The Hall–Kier alpha value is -2.77. The zero-order valence-electron chi connectivity index (χ0n) is 14.3. The highest BCUT2D eigenvalue weighted by Crippen LogP contribution is 2.13. The van der Waals surface area contributed by atoms with Crippen LogP contribution in [0.3, 0.4) is 0 Å². The first kappa shape index (κ1) is 19.6. The summed E-state index contributed by atoms with van der Waals surface area (Å²) in [4.78, 5) is 22.5. The summed E-state index contributed by atoms with van der Waals surface area (Å²) in [7, 11) is 0. The van der Waals surface area contributed by atoms with Crippen molar-refractivity contribution in [2.45, 2.75) is 13.8 Å². The largest absolute Gasteiger partial charge is 0.306 e. The molecule has 2 heterocycles. The average molecular weight is 377 g/mol. The smallest absolute Gasteiger partial charge is 0.224 e. The number of nitrogens with one attached hydrogen (secondary N) is 1. The number of halogens is 2. The predicted octanol–water partition coefficient (Wildman–Crippen LogP) is 3.91.